The molecule has 0 unspecified atom stereocenters. The Hall–Kier alpha value is -1.84. The molecule has 3 N–H and O–H groups in total. The Morgan fingerprint density at radius 2 is 1.56 bits per heavy atom. The average Bonchev–Trinajstić information content (AvgIpc) is 2.58. The van der Waals surface area contributed by atoms with Gasteiger partial charge in [-0.3, -0.25) is 0 Å². The van der Waals surface area contributed by atoms with E-state index in [-0.39, 0.29) is 23.5 Å². The molecule has 3 nitrogen and oxygen atoms in total. The number of rotatable bonds is 6. The van der Waals surface area contributed by atoms with Gasteiger partial charge in [-0.15, -0.1) is 0 Å². The molecule has 0 aliphatic rings. The van der Waals surface area contributed by atoms with Crippen LogP contribution in [-0.4, -0.2) is 22.9 Å². The van der Waals surface area contributed by atoms with Gasteiger partial charge in [-0.2, -0.15) is 0 Å². The van der Waals surface area contributed by atoms with Crippen molar-refractivity contribution in [1.29, 1.82) is 0 Å². The zero-order valence-electron chi connectivity index (χ0n) is 17.6. The smallest absolute Gasteiger partial charge is 0.123 e. The highest BCUT2D eigenvalue weighted by atomic mass is 16.3. The number of hydrogen-bond acceptors (Lipinski definition) is 3. The van der Waals surface area contributed by atoms with Crippen molar-refractivity contribution in [3.63, 3.8) is 0 Å². The average molecular weight is 370 g/mol. The molecule has 2 aromatic rings. The van der Waals surface area contributed by atoms with Crippen LogP contribution in [0.2, 0.25) is 0 Å². The van der Waals surface area contributed by atoms with Crippen molar-refractivity contribution in [2.24, 2.45) is 0 Å². The zero-order chi connectivity index (χ0) is 20.2. The number of phenols is 1. The van der Waals surface area contributed by atoms with E-state index in [2.05, 4.69) is 71.1 Å². The predicted octanol–water partition coefficient (Wildman–Crippen LogP) is 4.68. The van der Waals surface area contributed by atoms with Gasteiger partial charge in [0, 0.05) is 18.2 Å². The largest absolute Gasteiger partial charge is 0.507 e. The summed E-state index contributed by atoms with van der Waals surface area (Å²) >= 11 is 0. The third-order valence-corrected chi connectivity index (χ3v) is 4.99. The fraction of sp³-hybridized carbons (Fsp3) is 0.500. The highest BCUT2D eigenvalue weighted by Crippen LogP contribution is 2.37. The molecule has 3 heteroatoms. The first-order valence-electron chi connectivity index (χ1n) is 9.77. The van der Waals surface area contributed by atoms with E-state index >= 15 is 0 Å². The van der Waals surface area contributed by atoms with Crippen molar-refractivity contribution in [3.8, 4) is 5.75 Å². The Kier molecular flexibility index (Phi) is 6.72. The number of benzene rings is 2. The molecule has 1 atom stereocenters. The highest BCUT2D eigenvalue weighted by Gasteiger charge is 2.25. The summed E-state index contributed by atoms with van der Waals surface area (Å²) in [5.74, 6) is 0.361. The minimum atomic E-state index is -0.138. The molecule has 2 aromatic carbocycles. The third-order valence-electron chi connectivity index (χ3n) is 4.99. The highest BCUT2D eigenvalue weighted by molar-refractivity contribution is 5.48. The summed E-state index contributed by atoms with van der Waals surface area (Å²) < 4.78 is 0. The number of aromatic hydroxyl groups is 1. The van der Waals surface area contributed by atoms with Crippen LogP contribution in [0, 0.1) is 0 Å². The van der Waals surface area contributed by atoms with Crippen LogP contribution in [0.5, 0.6) is 5.75 Å². The van der Waals surface area contributed by atoms with Crippen LogP contribution >= 0.6 is 0 Å². The normalized spacial score (nSPS) is 13.6. The minimum Gasteiger partial charge on any atom is -0.507 e. The molecule has 0 saturated carbocycles. The lowest BCUT2D eigenvalue weighted by atomic mass is 9.79. The quantitative estimate of drug-likeness (QED) is 0.693. The first-order chi connectivity index (χ1) is 12.5. The van der Waals surface area contributed by atoms with Crippen molar-refractivity contribution in [2.75, 3.05) is 6.61 Å². The summed E-state index contributed by atoms with van der Waals surface area (Å²) in [5.41, 5.74) is 4.12. The van der Waals surface area contributed by atoms with Crippen LogP contribution < -0.4 is 5.32 Å². The van der Waals surface area contributed by atoms with Crippen molar-refractivity contribution in [3.05, 3.63) is 64.7 Å². The van der Waals surface area contributed by atoms with Crippen LogP contribution in [-0.2, 0) is 23.8 Å². The summed E-state index contributed by atoms with van der Waals surface area (Å²) in [4.78, 5) is 0. The van der Waals surface area contributed by atoms with Gasteiger partial charge in [0.25, 0.3) is 0 Å². The Morgan fingerprint density at radius 3 is 2.07 bits per heavy atom. The van der Waals surface area contributed by atoms with E-state index in [9.17, 15) is 10.2 Å². The van der Waals surface area contributed by atoms with Crippen LogP contribution in [0.25, 0.3) is 0 Å². The van der Waals surface area contributed by atoms with E-state index in [1.165, 1.54) is 11.1 Å². The Balaban J connectivity index is 2.26. The lowest BCUT2D eigenvalue weighted by Crippen LogP contribution is -2.34. The summed E-state index contributed by atoms with van der Waals surface area (Å²) in [6.45, 7) is 13.5. The van der Waals surface area contributed by atoms with Crippen molar-refractivity contribution in [1.82, 2.24) is 5.32 Å². The van der Waals surface area contributed by atoms with Crippen molar-refractivity contribution >= 4 is 0 Å². The van der Waals surface area contributed by atoms with E-state index in [0.29, 0.717) is 12.3 Å². The number of phenolic OH excluding ortho intramolecular Hbond substituents is 1. The Morgan fingerprint density at radius 1 is 0.926 bits per heavy atom. The molecule has 0 bridgehead atoms. The van der Waals surface area contributed by atoms with E-state index in [4.69, 9.17) is 0 Å². The molecule has 0 spiro atoms. The summed E-state index contributed by atoms with van der Waals surface area (Å²) in [7, 11) is 0. The van der Waals surface area contributed by atoms with Gasteiger partial charge in [0.15, 0.2) is 0 Å². The topological polar surface area (TPSA) is 52.5 Å². The zero-order valence-corrected chi connectivity index (χ0v) is 17.6. The first-order valence-corrected chi connectivity index (χ1v) is 9.77. The maximum absolute atomic E-state index is 10.9. The maximum atomic E-state index is 10.9. The fourth-order valence-electron chi connectivity index (χ4n) is 3.19. The molecule has 148 valence electrons. The molecular weight excluding hydrogens is 334 g/mol. The summed E-state index contributed by atoms with van der Waals surface area (Å²) in [6.07, 6.45) is 0.753. The van der Waals surface area contributed by atoms with Gasteiger partial charge in [-0.05, 0) is 33.9 Å². The van der Waals surface area contributed by atoms with E-state index < -0.39 is 0 Å². The second-order valence-electron chi connectivity index (χ2n) is 9.48. The lowest BCUT2D eigenvalue weighted by Gasteiger charge is -2.28. The van der Waals surface area contributed by atoms with E-state index in [0.717, 1.165) is 17.5 Å². The second-order valence-corrected chi connectivity index (χ2v) is 9.48. The van der Waals surface area contributed by atoms with Gasteiger partial charge in [-0.1, -0.05) is 84.0 Å². The third kappa shape index (κ3) is 5.82. The number of aliphatic hydroxyl groups is 1. The van der Waals surface area contributed by atoms with Gasteiger partial charge < -0.3 is 15.5 Å². The molecule has 0 aliphatic heterocycles. The maximum Gasteiger partial charge on any atom is 0.123 e. The predicted molar refractivity (Wildman–Crippen MR) is 113 cm³/mol. The molecule has 0 saturated heterocycles. The molecule has 0 heterocycles. The Labute approximate surface area is 164 Å². The fourth-order valence-corrected chi connectivity index (χ4v) is 3.19. The lowest BCUT2D eigenvalue weighted by molar-refractivity contribution is 0.240. The van der Waals surface area contributed by atoms with Crippen LogP contribution in [0.15, 0.2) is 42.5 Å². The summed E-state index contributed by atoms with van der Waals surface area (Å²) in [5, 5.41) is 24.1. The van der Waals surface area contributed by atoms with Gasteiger partial charge in [-0.25, -0.2) is 0 Å². The van der Waals surface area contributed by atoms with Crippen LogP contribution in [0.3, 0.4) is 0 Å². The standard InChI is InChI=1S/C24H35NO2/c1-23(2,3)19-13-18(22(27)21(14-19)24(4,5)6)15-25-20(16-26)12-17-10-8-7-9-11-17/h7-11,13-14,20,25-27H,12,15-16H2,1-6H3/t20-/m0/s1. The number of hydrogen-bond donors (Lipinski definition) is 3. The molecule has 0 radical (unpaired) electrons. The molecule has 0 aliphatic carbocycles. The van der Waals surface area contributed by atoms with E-state index in [1.807, 2.05) is 18.2 Å². The Bertz CT molecular complexity index is 739. The van der Waals surface area contributed by atoms with Crippen molar-refractivity contribution < 1.29 is 10.2 Å². The molecular formula is C24H35NO2. The van der Waals surface area contributed by atoms with Crippen LogP contribution in [0.1, 0.15) is 63.8 Å². The summed E-state index contributed by atoms with van der Waals surface area (Å²) in [6, 6.07) is 14.3. The number of aliphatic hydroxyl groups excluding tert-OH is 1. The number of nitrogens with one attached hydrogen (secondary N) is 1. The first kappa shape index (κ1) is 21.5. The molecule has 27 heavy (non-hydrogen) atoms. The van der Waals surface area contributed by atoms with Crippen LogP contribution in [0.4, 0.5) is 0 Å². The molecule has 2 rings (SSSR count). The van der Waals surface area contributed by atoms with Gasteiger partial charge in [0.1, 0.15) is 5.75 Å². The SMILES string of the molecule is CC(C)(C)c1cc(CN[C@H](CO)Cc2ccccc2)c(O)c(C(C)(C)C)c1. The van der Waals surface area contributed by atoms with Gasteiger partial charge >= 0.3 is 0 Å². The van der Waals surface area contributed by atoms with Gasteiger partial charge in [0.05, 0.1) is 6.61 Å². The molecule has 0 fully saturated rings. The second kappa shape index (κ2) is 8.45. The monoisotopic (exact) mass is 369 g/mol. The molecule has 0 aromatic heterocycles. The van der Waals surface area contributed by atoms with E-state index in [1.54, 1.807) is 0 Å². The minimum absolute atomic E-state index is 0.00285. The van der Waals surface area contributed by atoms with Gasteiger partial charge in [0.2, 0.25) is 0 Å². The molecule has 0 amide bonds. The van der Waals surface area contributed by atoms with Crippen molar-refractivity contribution in [2.45, 2.75) is 71.4 Å².